The number of hydrogen-bond acceptors (Lipinski definition) is 2. The molecule has 3 atom stereocenters. The van der Waals surface area contributed by atoms with E-state index in [2.05, 4.69) is 25.8 Å². The molecule has 0 unspecified atom stereocenters. The molecule has 2 aliphatic rings. The fourth-order valence-electron chi connectivity index (χ4n) is 2.89. The molecule has 2 nitrogen and oxygen atoms in total. The molecule has 0 aromatic carbocycles. The minimum Gasteiger partial charge on any atom is -0.359 e. The Balaban J connectivity index is 2.17. The van der Waals surface area contributed by atoms with Gasteiger partial charge in [0, 0.05) is 6.04 Å². The second-order valence-corrected chi connectivity index (χ2v) is 4.76. The van der Waals surface area contributed by atoms with Crippen molar-refractivity contribution in [1.82, 2.24) is 4.90 Å². The molecular weight excluding hydrogens is 162 g/mol. The van der Waals surface area contributed by atoms with Crippen LogP contribution >= 0.6 is 0 Å². The van der Waals surface area contributed by atoms with E-state index in [0.717, 1.165) is 6.61 Å². The summed E-state index contributed by atoms with van der Waals surface area (Å²) >= 11 is 0. The summed E-state index contributed by atoms with van der Waals surface area (Å²) in [5.41, 5.74) is 0.0949. The lowest BCUT2D eigenvalue weighted by Gasteiger charge is -2.44. The molecule has 1 spiro atoms. The van der Waals surface area contributed by atoms with Crippen LogP contribution in [-0.2, 0) is 4.74 Å². The highest BCUT2D eigenvalue weighted by Crippen LogP contribution is 2.42. The van der Waals surface area contributed by atoms with E-state index in [1.54, 1.807) is 0 Å². The standard InChI is InChI=1S/C11H21NO/c1-9-6-4-5-7-11(9)12(3)10(2)8-13-11/h9-10H,4-8H2,1-3H3/t9-,10+,11-/m0/s1. The van der Waals surface area contributed by atoms with Gasteiger partial charge >= 0.3 is 0 Å². The maximum absolute atomic E-state index is 6.04. The third-order valence-electron chi connectivity index (χ3n) is 4.02. The van der Waals surface area contributed by atoms with Crippen LogP contribution < -0.4 is 0 Å². The molecular formula is C11H21NO. The third-order valence-corrected chi connectivity index (χ3v) is 4.02. The predicted octanol–water partition coefficient (Wildman–Crippen LogP) is 2.24. The van der Waals surface area contributed by atoms with Crippen LogP contribution in [0.4, 0.5) is 0 Å². The van der Waals surface area contributed by atoms with Crippen molar-refractivity contribution in [1.29, 1.82) is 0 Å². The van der Waals surface area contributed by atoms with Crippen LogP contribution in [-0.4, -0.2) is 30.3 Å². The fourth-order valence-corrected chi connectivity index (χ4v) is 2.89. The molecule has 76 valence electrons. The van der Waals surface area contributed by atoms with E-state index in [4.69, 9.17) is 4.74 Å². The van der Waals surface area contributed by atoms with E-state index in [0.29, 0.717) is 12.0 Å². The van der Waals surface area contributed by atoms with Crippen molar-refractivity contribution in [2.24, 2.45) is 5.92 Å². The van der Waals surface area contributed by atoms with Gasteiger partial charge in [-0.2, -0.15) is 0 Å². The Kier molecular flexibility index (Phi) is 2.37. The molecule has 1 saturated heterocycles. The average Bonchev–Trinajstić information content (AvgIpc) is 2.40. The zero-order valence-electron chi connectivity index (χ0n) is 9.05. The fraction of sp³-hybridized carbons (Fsp3) is 1.00. The molecule has 0 bridgehead atoms. The predicted molar refractivity (Wildman–Crippen MR) is 53.5 cm³/mol. The minimum absolute atomic E-state index is 0.0949. The summed E-state index contributed by atoms with van der Waals surface area (Å²) in [4.78, 5) is 2.46. The maximum Gasteiger partial charge on any atom is 0.124 e. The molecule has 1 saturated carbocycles. The van der Waals surface area contributed by atoms with Crippen LogP contribution in [0, 0.1) is 5.92 Å². The highest BCUT2D eigenvalue weighted by atomic mass is 16.5. The van der Waals surface area contributed by atoms with Crippen molar-refractivity contribution < 1.29 is 4.74 Å². The van der Waals surface area contributed by atoms with Crippen LogP contribution in [0.5, 0.6) is 0 Å². The quantitative estimate of drug-likeness (QED) is 0.571. The van der Waals surface area contributed by atoms with Gasteiger partial charge in [-0.05, 0) is 39.2 Å². The summed E-state index contributed by atoms with van der Waals surface area (Å²) in [7, 11) is 2.22. The second kappa shape index (κ2) is 3.25. The van der Waals surface area contributed by atoms with Crippen LogP contribution in [0.3, 0.4) is 0 Å². The van der Waals surface area contributed by atoms with Crippen molar-refractivity contribution in [3.8, 4) is 0 Å². The van der Waals surface area contributed by atoms with Gasteiger partial charge in [-0.25, -0.2) is 0 Å². The van der Waals surface area contributed by atoms with Crippen molar-refractivity contribution in [3.63, 3.8) is 0 Å². The maximum atomic E-state index is 6.04. The Morgan fingerprint density at radius 2 is 2.08 bits per heavy atom. The Labute approximate surface area is 81.3 Å². The summed E-state index contributed by atoms with van der Waals surface area (Å²) in [5.74, 6) is 0.705. The van der Waals surface area contributed by atoms with Crippen LogP contribution in [0.2, 0.25) is 0 Å². The van der Waals surface area contributed by atoms with Crippen LogP contribution in [0.15, 0.2) is 0 Å². The van der Waals surface area contributed by atoms with Crippen LogP contribution in [0.25, 0.3) is 0 Å². The molecule has 2 heteroatoms. The van der Waals surface area contributed by atoms with Crippen molar-refractivity contribution in [2.75, 3.05) is 13.7 Å². The highest BCUT2D eigenvalue weighted by Gasteiger charge is 2.48. The SMILES string of the molecule is C[C@@H]1CO[C@]2(CCCC[C@@H]2C)N1C. The van der Waals surface area contributed by atoms with E-state index >= 15 is 0 Å². The monoisotopic (exact) mass is 183 g/mol. The molecule has 1 aliphatic carbocycles. The molecule has 0 amide bonds. The number of nitrogens with zero attached hydrogens (tertiary/aromatic N) is 1. The van der Waals surface area contributed by atoms with Crippen molar-refractivity contribution >= 4 is 0 Å². The van der Waals surface area contributed by atoms with E-state index in [1.807, 2.05) is 0 Å². The van der Waals surface area contributed by atoms with E-state index < -0.39 is 0 Å². The van der Waals surface area contributed by atoms with Crippen molar-refractivity contribution in [2.45, 2.75) is 51.3 Å². The Bertz CT molecular complexity index is 191. The number of rotatable bonds is 0. The average molecular weight is 183 g/mol. The van der Waals surface area contributed by atoms with Gasteiger partial charge in [0.25, 0.3) is 0 Å². The summed E-state index contributed by atoms with van der Waals surface area (Å²) in [6.07, 6.45) is 5.28. The van der Waals surface area contributed by atoms with E-state index in [1.165, 1.54) is 25.7 Å². The summed E-state index contributed by atoms with van der Waals surface area (Å²) in [6, 6.07) is 0.598. The Morgan fingerprint density at radius 3 is 2.62 bits per heavy atom. The van der Waals surface area contributed by atoms with Crippen molar-refractivity contribution in [3.05, 3.63) is 0 Å². The molecule has 0 N–H and O–H groups in total. The zero-order chi connectivity index (χ0) is 9.47. The van der Waals surface area contributed by atoms with Crippen LogP contribution in [0.1, 0.15) is 39.5 Å². The third kappa shape index (κ3) is 1.31. The first-order valence-electron chi connectivity index (χ1n) is 5.54. The normalized spacial score (nSPS) is 47.3. The molecule has 1 heterocycles. The lowest BCUT2D eigenvalue weighted by Crippen LogP contribution is -2.51. The molecule has 0 radical (unpaired) electrons. The van der Waals surface area contributed by atoms with Gasteiger partial charge in [0.2, 0.25) is 0 Å². The van der Waals surface area contributed by atoms with Gasteiger partial charge in [0.15, 0.2) is 0 Å². The largest absolute Gasteiger partial charge is 0.359 e. The molecule has 2 rings (SSSR count). The number of hydrogen-bond donors (Lipinski definition) is 0. The highest BCUT2D eigenvalue weighted by molar-refractivity contribution is 4.94. The number of likely N-dealkylation sites (N-methyl/N-ethyl adjacent to an activating group) is 1. The topological polar surface area (TPSA) is 12.5 Å². The lowest BCUT2D eigenvalue weighted by molar-refractivity contribution is -0.135. The Hall–Kier alpha value is -0.0800. The zero-order valence-corrected chi connectivity index (χ0v) is 9.05. The first-order chi connectivity index (χ1) is 6.17. The van der Waals surface area contributed by atoms with E-state index in [9.17, 15) is 0 Å². The first kappa shape index (κ1) is 9.47. The second-order valence-electron chi connectivity index (χ2n) is 4.76. The molecule has 1 aliphatic heterocycles. The minimum atomic E-state index is 0.0949. The smallest absolute Gasteiger partial charge is 0.124 e. The first-order valence-corrected chi connectivity index (χ1v) is 5.54. The Morgan fingerprint density at radius 1 is 1.31 bits per heavy atom. The lowest BCUT2D eigenvalue weighted by atomic mass is 9.81. The molecule has 2 fully saturated rings. The summed E-state index contributed by atoms with van der Waals surface area (Å²) in [6.45, 7) is 5.52. The van der Waals surface area contributed by atoms with Gasteiger partial charge in [0.05, 0.1) is 6.61 Å². The number of ether oxygens (including phenoxy) is 1. The summed E-state index contributed by atoms with van der Waals surface area (Å²) < 4.78 is 6.04. The van der Waals surface area contributed by atoms with Gasteiger partial charge in [-0.15, -0.1) is 0 Å². The van der Waals surface area contributed by atoms with Gasteiger partial charge in [0.1, 0.15) is 5.72 Å². The molecule has 0 aromatic rings. The van der Waals surface area contributed by atoms with Gasteiger partial charge in [-0.1, -0.05) is 13.3 Å². The van der Waals surface area contributed by atoms with Gasteiger partial charge < -0.3 is 4.74 Å². The summed E-state index contributed by atoms with van der Waals surface area (Å²) in [5, 5.41) is 0. The van der Waals surface area contributed by atoms with Gasteiger partial charge in [-0.3, -0.25) is 4.90 Å². The molecule has 13 heavy (non-hydrogen) atoms. The van der Waals surface area contributed by atoms with E-state index in [-0.39, 0.29) is 5.72 Å². The molecule has 0 aromatic heterocycles.